The second-order valence-corrected chi connectivity index (χ2v) is 11.0. The van der Waals surface area contributed by atoms with Gasteiger partial charge in [0.1, 0.15) is 0 Å². The van der Waals surface area contributed by atoms with Crippen LogP contribution in [0.3, 0.4) is 0 Å². The van der Waals surface area contributed by atoms with Gasteiger partial charge >= 0.3 is 0 Å². The molecule has 0 spiro atoms. The zero-order chi connectivity index (χ0) is 13.2. The summed E-state index contributed by atoms with van der Waals surface area (Å²) >= 11 is 23.1. The third-order valence-corrected chi connectivity index (χ3v) is 13.0. The Kier molecular flexibility index (Phi) is 4.24. The summed E-state index contributed by atoms with van der Waals surface area (Å²) in [5, 5.41) is 0. The van der Waals surface area contributed by atoms with E-state index in [0.717, 1.165) is 6.42 Å². The molecule has 6 heteroatoms. The molecule has 0 nitrogen and oxygen atoms in total. The lowest BCUT2D eigenvalue weighted by atomic mass is 9.83. The normalized spacial score (nSPS) is 41.9. The van der Waals surface area contributed by atoms with E-state index in [1.54, 1.807) is 0 Å². The summed E-state index contributed by atoms with van der Waals surface area (Å²) < 4.78 is 1.12. The van der Waals surface area contributed by atoms with Crippen LogP contribution in [0.25, 0.3) is 0 Å². The predicted octanol–water partition coefficient (Wildman–Crippen LogP) is 6.34. The van der Waals surface area contributed by atoms with Crippen LogP contribution < -0.4 is 0 Å². The summed E-state index contributed by atoms with van der Waals surface area (Å²) in [6, 6.07) is 4.39. The molecule has 5 atom stereocenters. The molecule has 0 fully saturated rings. The fourth-order valence-corrected chi connectivity index (χ4v) is 8.98. The lowest BCUT2D eigenvalue weighted by Gasteiger charge is -2.43. The molecule has 0 amide bonds. The van der Waals surface area contributed by atoms with Crippen molar-refractivity contribution in [3.8, 4) is 0 Å². The Labute approximate surface area is 157 Å². The fourth-order valence-electron chi connectivity index (χ4n) is 2.88. The van der Waals surface area contributed by atoms with Crippen molar-refractivity contribution < 1.29 is 0 Å². The molecule has 0 radical (unpaired) electrons. The lowest BCUT2D eigenvalue weighted by molar-refractivity contribution is 0.568. The summed E-state index contributed by atoms with van der Waals surface area (Å²) in [7, 11) is 0. The van der Waals surface area contributed by atoms with E-state index in [2.05, 4.69) is 108 Å². The number of rotatable bonds is 0. The molecule has 0 aromatic heterocycles. The minimum atomic E-state index is -0.0557. The van der Waals surface area contributed by atoms with Crippen molar-refractivity contribution in [1.82, 2.24) is 0 Å². The van der Waals surface area contributed by atoms with Gasteiger partial charge < -0.3 is 0 Å². The molecule has 0 bridgehead atoms. The highest BCUT2D eigenvalue weighted by Crippen LogP contribution is 2.62. The van der Waals surface area contributed by atoms with Gasteiger partial charge in [0.15, 0.2) is 0 Å². The molecular formula is C12H8Br6. The summed E-state index contributed by atoms with van der Waals surface area (Å²) in [5.74, 6) is 0. The van der Waals surface area contributed by atoms with Crippen LogP contribution in [0.2, 0.25) is 0 Å². The smallest absolute Gasteiger partial charge is 0.0775 e. The molecular weight excluding hydrogens is 624 g/mol. The monoisotopic (exact) mass is 626 g/mol. The molecule has 0 saturated heterocycles. The molecule has 0 N–H and O–H groups in total. The number of hydrogen-bond acceptors (Lipinski definition) is 0. The largest absolute Gasteiger partial charge is 0.0868 e. The van der Waals surface area contributed by atoms with Gasteiger partial charge in [0.2, 0.25) is 0 Å². The Morgan fingerprint density at radius 2 is 1.78 bits per heavy atom. The van der Waals surface area contributed by atoms with E-state index in [-0.39, 0.29) is 4.32 Å². The molecule has 0 saturated carbocycles. The van der Waals surface area contributed by atoms with E-state index >= 15 is 0 Å². The molecule has 3 rings (SSSR count). The van der Waals surface area contributed by atoms with Gasteiger partial charge in [-0.3, -0.25) is 0 Å². The van der Waals surface area contributed by atoms with Crippen molar-refractivity contribution in [2.24, 2.45) is 0 Å². The molecule has 18 heavy (non-hydrogen) atoms. The Hall–Kier alpha value is 2.10. The zero-order valence-corrected chi connectivity index (χ0v) is 18.5. The maximum atomic E-state index is 4.01. The lowest BCUT2D eigenvalue weighted by Crippen LogP contribution is -2.45. The summed E-state index contributed by atoms with van der Waals surface area (Å²) in [6.45, 7) is 0. The first-order valence-electron chi connectivity index (χ1n) is 5.46. The average molecular weight is 632 g/mol. The van der Waals surface area contributed by atoms with Gasteiger partial charge in [0.25, 0.3) is 0 Å². The topological polar surface area (TPSA) is 0 Å². The second kappa shape index (κ2) is 5.08. The first-order valence-corrected chi connectivity index (χ1v) is 10.7. The van der Waals surface area contributed by atoms with Crippen LogP contribution in [-0.4, -0.2) is 14.5 Å². The Bertz CT molecular complexity index is 516. The molecule has 0 heterocycles. The van der Waals surface area contributed by atoms with Crippen molar-refractivity contribution in [3.63, 3.8) is 0 Å². The quantitative estimate of drug-likeness (QED) is 0.294. The highest BCUT2D eigenvalue weighted by molar-refractivity contribution is 9.15. The molecule has 2 aliphatic carbocycles. The average Bonchev–Trinajstić information content (AvgIpc) is 2.60. The van der Waals surface area contributed by atoms with Crippen molar-refractivity contribution in [1.29, 1.82) is 0 Å². The maximum Gasteiger partial charge on any atom is 0.0775 e. The van der Waals surface area contributed by atoms with Gasteiger partial charge in [-0.1, -0.05) is 102 Å². The Balaban J connectivity index is 2.35. The van der Waals surface area contributed by atoms with Crippen LogP contribution in [0.5, 0.6) is 0 Å². The van der Waals surface area contributed by atoms with Gasteiger partial charge in [-0.15, -0.1) is 0 Å². The molecule has 1 aromatic rings. The van der Waals surface area contributed by atoms with Crippen LogP contribution in [0.4, 0.5) is 0 Å². The Morgan fingerprint density at radius 3 is 2.44 bits per heavy atom. The number of hydrogen-bond donors (Lipinski definition) is 0. The highest BCUT2D eigenvalue weighted by atomic mass is 79.9. The first-order chi connectivity index (χ1) is 8.39. The van der Waals surface area contributed by atoms with E-state index < -0.39 is 0 Å². The maximum absolute atomic E-state index is 4.01. The summed E-state index contributed by atoms with van der Waals surface area (Å²) in [6.07, 6.45) is 1.06. The highest BCUT2D eigenvalue weighted by Gasteiger charge is 2.56. The van der Waals surface area contributed by atoms with E-state index in [4.69, 9.17) is 0 Å². The van der Waals surface area contributed by atoms with E-state index in [0.29, 0.717) is 19.3 Å². The third-order valence-electron chi connectivity index (χ3n) is 3.75. The molecule has 2 aliphatic rings. The molecule has 0 aliphatic heterocycles. The molecule has 1 aromatic carbocycles. The zero-order valence-electron chi connectivity index (χ0n) is 8.94. The van der Waals surface area contributed by atoms with Crippen LogP contribution in [-0.2, 0) is 10.7 Å². The standard InChI is InChI=1S/C12H8Br6/c13-5-2-1-4-3-6(14)12(18)8(4)7(5)9(15)10(16)11(12)17/h1-2,6,9-11H,3H2. The van der Waals surface area contributed by atoms with Crippen LogP contribution in [0, 0.1) is 0 Å². The molecule has 5 unspecified atom stereocenters. The second-order valence-electron chi connectivity index (χ2n) is 4.68. The van der Waals surface area contributed by atoms with E-state index in [9.17, 15) is 0 Å². The first kappa shape index (κ1) is 15.0. The van der Waals surface area contributed by atoms with E-state index in [1.165, 1.54) is 21.2 Å². The van der Waals surface area contributed by atoms with Crippen molar-refractivity contribution in [2.45, 2.75) is 30.1 Å². The third kappa shape index (κ3) is 1.88. The van der Waals surface area contributed by atoms with Crippen LogP contribution >= 0.6 is 95.6 Å². The minimum absolute atomic E-state index is 0.0557. The summed E-state index contributed by atoms with van der Waals surface area (Å²) in [4.78, 5) is 1.35. The van der Waals surface area contributed by atoms with Crippen molar-refractivity contribution >= 4 is 95.6 Å². The van der Waals surface area contributed by atoms with Gasteiger partial charge in [-0.05, 0) is 29.2 Å². The summed E-state index contributed by atoms with van der Waals surface area (Å²) in [5.41, 5.74) is 4.22. The SMILES string of the molecule is Brc1ccc2c3c1C(Br)C(Br)C(Br)C3(Br)C(Br)C2. The van der Waals surface area contributed by atoms with Gasteiger partial charge in [0, 0.05) is 19.0 Å². The van der Waals surface area contributed by atoms with Gasteiger partial charge in [-0.25, -0.2) is 0 Å². The minimum Gasteiger partial charge on any atom is -0.0868 e. The van der Waals surface area contributed by atoms with Crippen LogP contribution in [0.15, 0.2) is 16.6 Å². The van der Waals surface area contributed by atoms with E-state index in [1.807, 2.05) is 0 Å². The predicted molar refractivity (Wildman–Crippen MR) is 98.3 cm³/mol. The van der Waals surface area contributed by atoms with Gasteiger partial charge in [0.05, 0.1) is 9.15 Å². The van der Waals surface area contributed by atoms with Gasteiger partial charge in [-0.2, -0.15) is 0 Å². The van der Waals surface area contributed by atoms with Crippen LogP contribution in [0.1, 0.15) is 21.5 Å². The number of benzene rings is 1. The Morgan fingerprint density at radius 1 is 1.11 bits per heavy atom. The number of alkyl halides is 5. The van der Waals surface area contributed by atoms with Crippen molar-refractivity contribution in [2.75, 3.05) is 0 Å². The van der Waals surface area contributed by atoms with Crippen molar-refractivity contribution in [3.05, 3.63) is 33.3 Å². The number of halogens is 6. The molecule has 98 valence electrons. The fraction of sp³-hybridized carbons (Fsp3) is 0.500.